The number of halogens is 1. The number of carbonyl (C=O) groups is 1. The van der Waals surface area contributed by atoms with Crippen molar-refractivity contribution in [3.8, 4) is 0 Å². The highest BCUT2D eigenvalue weighted by Gasteiger charge is 2.18. The molecule has 5 nitrogen and oxygen atoms in total. The summed E-state index contributed by atoms with van der Waals surface area (Å²) in [4.78, 5) is 11.6. The third-order valence-corrected chi connectivity index (χ3v) is 5.12. The Balaban J connectivity index is 2.12. The van der Waals surface area contributed by atoms with Crippen molar-refractivity contribution < 1.29 is 22.7 Å². The standard InChI is InChI=1S/C13H12FNO4S2/c14-12-4-3-10(8-11(12)13(16)17)21(18,19)15-6-5-9-2-1-7-20-9/h1-4,7-8,15H,5-6H2,(H,16,17). The van der Waals surface area contributed by atoms with Gasteiger partial charge < -0.3 is 5.11 Å². The third-order valence-electron chi connectivity index (χ3n) is 2.72. The second kappa shape index (κ2) is 6.33. The lowest BCUT2D eigenvalue weighted by atomic mass is 10.2. The summed E-state index contributed by atoms with van der Waals surface area (Å²) >= 11 is 1.52. The lowest BCUT2D eigenvalue weighted by Gasteiger charge is -2.07. The predicted octanol–water partition coefficient (Wildman–Crippen LogP) is 2.11. The highest BCUT2D eigenvalue weighted by atomic mass is 32.2. The van der Waals surface area contributed by atoms with E-state index in [0.717, 1.165) is 23.1 Å². The number of hydrogen-bond donors (Lipinski definition) is 2. The van der Waals surface area contributed by atoms with E-state index in [9.17, 15) is 17.6 Å². The first kappa shape index (κ1) is 15.6. The Morgan fingerprint density at radius 3 is 2.71 bits per heavy atom. The van der Waals surface area contributed by atoms with Crippen LogP contribution in [0, 0.1) is 5.82 Å². The molecule has 0 aliphatic rings. The maximum absolute atomic E-state index is 13.3. The topological polar surface area (TPSA) is 83.5 Å². The zero-order valence-electron chi connectivity index (χ0n) is 10.7. The average molecular weight is 329 g/mol. The maximum atomic E-state index is 13.3. The molecular weight excluding hydrogens is 317 g/mol. The number of nitrogens with one attached hydrogen (secondary N) is 1. The summed E-state index contributed by atoms with van der Waals surface area (Å²) in [6.07, 6.45) is 0.532. The molecule has 0 unspecified atom stereocenters. The van der Waals surface area contributed by atoms with Gasteiger partial charge in [0.2, 0.25) is 10.0 Å². The fraction of sp³-hybridized carbons (Fsp3) is 0.154. The summed E-state index contributed by atoms with van der Waals surface area (Å²) in [5.74, 6) is -2.48. The fourth-order valence-electron chi connectivity index (χ4n) is 1.68. The number of benzene rings is 1. The Kier molecular flexibility index (Phi) is 4.71. The zero-order valence-corrected chi connectivity index (χ0v) is 12.4. The van der Waals surface area contributed by atoms with Crippen LogP contribution in [-0.2, 0) is 16.4 Å². The van der Waals surface area contributed by atoms with E-state index in [2.05, 4.69) is 4.72 Å². The number of rotatable bonds is 6. The second-order valence-electron chi connectivity index (χ2n) is 4.17. The number of carboxylic acid groups (broad SMARTS) is 1. The van der Waals surface area contributed by atoms with Crippen LogP contribution in [0.25, 0.3) is 0 Å². The van der Waals surface area contributed by atoms with Gasteiger partial charge in [0.15, 0.2) is 0 Å². The molecule has 0 amide bonds. The molecule has 0 radical (unpaired) electrons. The molecule has 0 bridgehead atoms. The normalized spacial score (nSPS) is 11.5. The number of thiophene rings is 1. The van der Waals surface area contributed by atoms with Crippen LogP contribution in [0.5, 0.6) is 0 Å². The first-order chi connectivity index (χ1) is 9.90. The minimum absolute atomic E-state index is 0.183. The Hall–Kier alpha value is -1.77. The van der Waals surface area contributed by atoms with Crippen molar-refractivity contribution in [1.82, 2.24) is 4.72 Å². The van der Waals surface area contributed by atoms with E-state index in [1.165, 1.54) is 11.3 Å². The average Bonchev–Trinajstić information content (AvgIpc) is 2.91. The third kappa shape index (κ3) is 3.87. The van der Waals surface area contributed by atoms with Crippen LogP contribution in [0.2, 0.25) is 0 Å². The van der Waals surface area contributed by atoms with Crippen molar-refractivity contribution in [3.05, 3.63) is 52.0 Å². The Morgan fingerprint density at radius 2 is 2.10 bits per heavy atom. The van der Waals surface area contributed by atoms with Crippen molar-refractivity contribution in [2.24, 2.45) is 0 Å². The van der Waals surface area contributed by atoms with Crippen molar-refractivity contribution in [2.75, 3.05) is 6.54 Å². The van der Waals surface area contributed by atoms with E-state index in [1.54, 1.807) is 0 Å². The molecule has 112 valence electrons. The summed E-state index contributed by atoms with van der Waals surface area (Å²) in [7, 11) is -3.86. The van der Waals surface area contributed by atoms with E-state index in [4.69, 9.17) is 5.11 Å². The summed E-state index contributed by atoms with van der Waals surface area (Å²) in [5.41, 5.74) is -0.670. The van der Waals surface area contributed by atoms with Crippen molar-refractivity contribution >= 4 is 27.3 Å². The van der Waals surface area contributed by atoms with Crippen LogP contribution in [0.15, 0.2) is 40.6 Å². The van der Waals surface area contributed by atoms with Gasteiger partial charge in [-0.05, 0) is 36.1 Å². The molecule has 0 aliphatic heterocycles. The van der Waals surface area contributed by atoms with Crippen molar-refractivity contribution in [2.45, 2.75) is 11.3 Å². The SMILES string of the molecule is O=C(O)c1cc(S(=O)(=O)NCCc2cccs2)ccc1F. The molecule has 1 heterocycles. The van der Waals surface area contributed by atoms with Gasteiger partial charge in [-0.1, -0.05) is 6.07 Å². The predicted molar refractivity (Wildman–Crippen MR) is 76.6 cm³/mol. The van der Waals surface area contributed by atoms with Gasteiger partial charge in [-0.3, -0.25) is 0 Å². The molecule has 8 heteroatoms. The van der Waals surface area contributed by atoms with E-state index >= 15 is 0 Å². The molecule has 2 N–H and O–H groups in total. The van der Waals surface area contributed by atoms with E-state index in [1.807, 2.05) is 17.5 Å². The molecule has 2 rings (SSSR count). The summed E-state index contributed by atoms with van der Waals surface area (Å²) in [6, 6.07) is 6.44. The van der Waals surface area contributed by atoms with Crippen molar-refractivity contribution in [3.63, 3.8) is 0 Å². The van der Waals surface area contributed by atoms with Crippen LogP contribution in [-0.4, -0.2) is 26.0 Å². The smallest absolute Gasteiger partial charge is 0.338 e. The Bertz CT molecular complexity index is 742. The van der Waals surface area contributed by atoms with Gasteiger partial charge in [0.05, 0.1) is 10.5 Å². The Morgan fingerprint density at radius 1 is 1.33 bits per heavy atom. The molecule has 0 saturated heterocycles. The molecular formula is C13H12FNO4S2. The molecule has 0 fully saturated rings. The highest BCUT2D eigenvalue weighted by Crippen LogP contribution is 2.15. The van der Waals surface area contributed by atoms with Crippen LogP contribution in [0.3, 0.4) is 0 Å². The first-order valence-corrected chi connectivity index (χ1v) is 8.31. The lowest BCUT2D eigenvalue weighted by molar-refractivity contribution is 0.0691. The van der Waals surface area contributed by atoms with E-state index < -0.39 is 27.4 Å². The number of sulfonamides is 1. The summed E-state index contributed by atoms with van der Waals surface area (Å²) in [6.45, 7) is 0.183. The zero-order chi connectivity index (χ0) is 15.5. The molecule has 21 heavy (non-hydrogen) atoms. The molecule has 0 spiro atoms. The van der Waals surface area contributed by atoms with Gasteiger partial charge in [0.1, 0.15) is 5.82 Å². The summed E-state index contributed by atoms with van der Waals surface area (Å²) in [5, 5.41) is 10.7. The van der Waals surface area contributed by atoms with Gasteiger partial charge >= 0.3 is 5.97 Å². The van der Waals surface area contributed by atoms with Gasteiger partial charge in [-0.25, -0.2) is 22.3 Å². The molecule has 0 saturated carbocycles. The van der Waals surface area contributed by atoms with Crippen LogP contribution in [0.4, 0.5) is 4.39 Å². The first-order valence-electron chi connectivity index (χ1n) is 5.95. The number of hydrogen-bond acceptors (Lipinski definition) is 4. The number of aromatic carboxylic acids is 1. The van der Waals surface area contributed by atoms with Crippen molar-refractivity contribution in [1.29, 1.82) is 0 Å². The monoisotopic (exact) mass is 329 g/mol. The van der Waals surface area contributed by atoms with Gasteiger partial charge in [-0.15, -0.1) is 11.3 Å². The Labute approximate surface area is 125 Å². The van der Waals surface area contributed by atoms with Crippen LogP contribution in [0.1, 0.15) is 15.2 Å². The molecule has 0 aliphatic carbocycles. The van der Waals surface area contributed by atoms with Gasteiger partial charge in [-0.2, -0.15) is 0 Å². The highest BCUT2D eigenvalue weighted by molar-refractivity contribution is 7.89. The quantitative estimate of drug-likeness (QED) is 0.850. The minimum atomic E-state index is -3.86. The number of carboxylic acids is 1. The lowest BCUT2D eigenvalue weighted by Crippen LogP contribution is -2.26. The fourth-order valence-corrected chi connectivity index (χ4v) is 3.45. The maximum Gasteiger partial charge on any atom is 0.338 e. The minimum Gasteiger partial charge on any atom is -0.478 e. The van der Waals surface area contributed by atoms with Gasteiger partial charge in [0, 0.05) is 11.4 Å². The van der Waals surface area contributed by atoms with Crippen LogP contribution >= 0.6 is 11.3 Å². The molecule has 1 aromatic heterocycles. The van der Waals surface area contributed by atoms with Gasteiger partial charge in [0.25, 0.3) is 0 Å². The van der Waals surface area contributed by atoms with E-state index in [-0.39, 0.29) is 11.4 Å². The summed E-state index contributed by atoms with van der Waals surface area (Å²) < 4.78 is 39.7. The van der Waals surface area contributed by atoms with Crippen LogP contribution < -0.4 is 4.72 Å². The largest absolute Gasteiger partial charge is 0.478 e. The molecule has 1 aromatic carbocycles. The molecule has 2 aromatic rings. The van der Waals surface area contributed by atoms with E-state index in [0.29, 0.717) is 6.42 Å². The second-order valence-corrected chi connectivity index (χ2v) is 6.97. The molecule has 0 atom stereocenters.